The minimum absolute atomic E-state index is 0.124. The number of carbonyl (C=O) groups excluding carboxylic acids is 1. The third-order valence-corrected chi connectivity index (χ3v) is 5.08. The van der Waals surface area contributed by atoms with Crippen LogP contribution in [0, 0.1) is 11.8 Å². The molecule has 1 amide bonds. The van der Waals surface area contributed by atoms with E-state index < -0.39 is 0 Å². The summed E-state index contributed by atoms with van der Waals surface area (Å²) >= 11 is 0. The van der Waals surface area contributed by atoms with Crippen molar-refractivity contribution in [2.45, 2.75) is 26.2 Å². The number of rotatable bonds is 4. The van der Waals surface area contributed by atoms with Crippen LogP contribution >= 0.6 is 0 Å². The molecular formula is C18H26N2O2. The van der Waals surface area contributed by atoms with Crippen molar-refractivity contribution in [1.82, 2.24) is 10.2 Å². The molecule has 2 saturated heterocycles. The lowest BCUT2D eigenvalue weighted by Gasteiger charge is -2.21. The molecule has 2 atom stereocenters. The van der Waals surface area contributed by atoms with E-state index in [0.29, 0.717) is 0 Å². The van der Waals surface area contributed by atoms with Crippen LogP contribution in [0.5, 0.6) is 5.75 Å². The molecule has 22 heavy (non-hydrogen) atoms. The lowest BCUT2D eigenvalue weighted by atomic mass is 9.92. The first-order valence-electron chi connectivity index (χ1n) is 8.47. The molecule has 0 spiro atoms. The van der Waals surface area contributed by atoms with Crippen molar-refractivity contribution in [3.63, 3.8) is 0 Å². The second kappa shape index (κ2) is 7.14. The molecular weight excluding hydrogens is 276 g/mol. The fourth-order valence-electron chi connectivity index (χ4n) is 3.64. The van der Waals surface area contributed by atoms with Crippen LogP contribution in [0.25, 0.3) is 0 Å². The Kier molecular flexibility index (Phi) is 4.98. The van der Waals surface area contributed by atoms with Crippen molar-refractivity contribution in [2.75, 3.05) is 32.8 Å². The van der Waals surface area contributed by atoms with E-state index in [9.17, 15) is 4.79 Å². The van der Waals surface area contributed by atoms with Crippen LogP contribution in [-0.4, -0.2) is 43.6 Å². The molecule has 4 heteroatoms. The Bertz CT molecular complexity index is 504. The van der Waals surface area contributed by atoms with Crippen molar-refractivity contribution in [2.24, 2.45) is 11.8 Å². The number of hydrogen-bond donors (Lipinski definition) is 1. The number of ether oxygens (including phenoxy) is 1. The van der Waals surface area contributed by atoms with Crippen LogP contribution in [0.4, 0.5) is 0 Å². The summed E-state index contributed by atoms with van der Waals surface area (Å²) in [4.78, 5) is 14.4. The van der Waals surface area contributed by atoms with Crippen LogP contribution in [0.15, 0.2) is 24.3 Å². The maximum absolute atomic E-state index is 12.4. The number of benzene rings is 1. The third-order valence-electron chi connectivity index (χ3n) is 5.08. The Hall–Kier alpha value is -1.55. The summed E-state index contributed by atoms with van der Waals surface area (Å²) in [5, 5.41) is 3.47. The van der Waals surface area contributed by atoms with Crippen molar-refractivity contribution in [3.05, 3.63) is 29.8 Å². The molecule has 2 aliphatic heterocycles. The highest BCUT2D eigenvalue weighted by atomic mass is 16.5. The van der Waals surface area contributed by atoms with E-state index in [0.717, 1.165) is 68.6 Å². The van der Waals surface area contributed by atoms with Gasteiger partial charge in [-0.1, -0.05) is 25.1 Å². The van der Waals surface area contributed by atoms with Crippen molar-refractivity contribution in [3.8, 4) is 5.75 Å². The Balaban J connectivity index is 1.53. The van der Waals surface area contributed by atoms with E-state index in [1.54, 1.807) is 0 Å². The molecule has 0 radical (unpaired) electrons. The van der Waals surface area contributed by atoms with Gasteiger partial charge < -0.3 is 15.0 Å². The first kappa shape index (κ1) is 15.3. The SMILES string of the molecule is CCc1ccccc1OCC(=O)N1CC[C@@H]2CNC[C@@H]2CC1. The number of nitrogens with one attached hydrogen (secondary N) is 1. The first-order chi connectivity index (χ1) is 10.8. The van der Waals surface area contributed by atoms with Gasteiger partial charge in [0.15, 0.2) is 6.61 Å². The summed E-state index contributed by atoms with van der Waals surface area (Å²) in [7, 11) is 0. The smallest absolute Gasteiger partial charge is 0.260 e. The van der Waals surface area contributed by atoms with Gasteiger partial charge in [0, 0.05) is 13.1 Å². The average molecular weight is 302 g/mol. The molecule has 0 aromatic heterocycles. The number of amides is 1. The molecule has 4 nitrogen and oxygen atoms in total. The van der Waals surface area contributed by atoms with Crippen LogP contribution in [-0.2, 0) is 11.2 Å². The predicted molar refractivity (Wildman–Crippen MR) is 87.0 cm³/mol. The van der Waals surface area contributed by atoms with Crippen molar-refractivity contribution in [1.29, 1.82) is 0 Å². The van der Waals surface area contributed by atoms with Gasteiger partial charge in [0.05, 0.1) is 0 Å². The fraction of sp³-hybridized carbons (Fsp3) is 0.611. The first-order valence-corrected chi connectivity index (χ1v) is 8.47. The summed E-state index contributed by atoms with van der Waals surface area (Å²) < 4.78 is 5.77. The zero-order valence-corrected chi connectivity index (χ0v) is 13.4. The van der Waals surface area contributed by atoms with Crippen LogP contribution in [0.2, 0.25) is 0 Å². The molecule has 1 aromatic carbocycles. The van der Waals surface area contributed by atoms with Gasteiger partial charge in [0.1, 0.15) is 5.75 Å². The topological polar surface area (TPSA) is 41.6 Å². The van der Waals surface area contributed by atoms with E-state index in [2.05, 4.69) is 18.3 Å². The maximum Gasteiger partial charge on any atom is 0.260 e. The highest BCUT2D eigenvalue weighted by Crippen LogP contribution is 2.27. The monoisotopic (exact) mass is 302 g/mol. The molecule has 0 aliphatic carbocycles. The van der Waals surface area contributed by atoms with E-state index in [1.807, 2.05) is 23.1 Å². The minimum Gasteiger partial charge on any atom is -0.483 e. The van der Waals surface area contributed by atoms with Crippen LogP contribution in [0.1, 0.15) is 25.3 Å². The Morgan fingerprint density at radius 1 is 1.23 bits per heavy atom. The quantitative estimate of drug-likeness (QED) is 0.926. The zero-order chi connectivity index (χ0) is 15.4. The minimum atomic E-state index is 0.124. The highest BCUT2D eigenvalue weighted by Gasteiger charge is 2.31. The Labute approximate surface area is 132 Å². The number of nitrogens with zero attached hydrogens (tertiary/aromatic N) is 1. The summed E-state index contributed by atoms with van der Waals surface area (Å²) in [6.07, 6.45) is 3.16. The second-order valence-electron chi connectivity index (χ2n) is 6.39. The highest BCUT2D eigenvalue weighted by molar-refractivity contribution is 5.77. The summed E-state index contributed by atoms with van der Waals surface area (Å²) in [6.45, 7) is 6.25. The number of hydrogen-bond acceptors (Lipinski definition) is 3. The number of likely N-dealkylation sites (tertiary alicyclic amines) is 1. The van der Waals surface area contributed by atoms with E-state index >= 15 is 0 Å². The van der Waals surface area contributed by atoms with Crippen molar-refractivity contribution >= 4 is 5.91 Å². The van der Waals surface area contributed by atoms with Crippen molar-refractivity contribution < 1.29 is 9.53 Å². The Morgan fingerprint density at radius 2 is 1.91 bits per heavy atom. The molecule has 120 valence electrons. The maximum atomic E-state index is 12.4. The van der Waals surface area contributed by atoms with Gasteiger partial charge in [-0.25, -0.2) is 0 Å². The molecule has 3 rings (SSSR count). The van der Waals surface area contributed by atoms with Crippen LogP contribution < -0.4 is 10.1 Å². The molecule has 2 heterocycles. The summed E-state index contributed by atoms with van der Waals surface area (Å²) in [5.41, 5.74) is 1.16. The van der Waals surface area contributed by atoms with Gasteiger partial charge >= 0.3 is 0 Å². The van der Waals surface area contributed by atoms with E-state index in [-0.39, 0.29) is 12.5 Å². The fourth-order valence-corrected chi connectivity index (χ4v) is 3.64. The van der Waals surface area contributed by atoms with Crippen LogP contribution in [0.3, 0.4) is 0 Å². The number of carbonyl (C=O) groups is 1. The van der Waals surface area contributed by atoms with Gasteiger partial charge in [0.2, 0.25) is 0 Å². The summed E-state index contributed by atoms with van der Waals surface area (Å²) in [6, 6.07) is 7.97. The molecule has 2 aliphatic rings. The van der Waals surface area contributed by atoms with Gasteiger partial charge in [-0.15, -0.1) is 0 Å². The molecule has 0 saturated carbocycles. The Morgan fingerprint density at radius 3 is 2.59 bits per heavy atom. The molecule has 1 aromatic rings. The lowest BCUT2D eigenvalue weighted by molar-refractivity contribution is -0.133. The molecule has 2 fully saturated rings. The molecule has 1 N–H and O–H groups in total. The third kappa shape index (κ3) is 3.43. The molecule has 0 unspecified atom stereocenters. The van der Waals surface area contributed by atoms with Gasteiger partial charge in [-0.3, -0.25) is 4.79 Å². The number of para-hydroxylation sites is 1. The average Bonchev–Trinajstić information content (AvgIpc) is 2.91. The number of aryl methyl sites for hydroxylation is 1. The largest absolute Gasteiger partial charge is 0.483 e. The second-order valence-corrected chi connectivity index (χ2v) is 6.39. The zero-order valence-electron chi connectivity index (χ0n) is 13.4. The van der Waals surface area contributed by atoms with E-state index in [4.69, 9.17) is 4.74 Å². The summed E-state index contributed by atoms with van der Waals surface area (Å²) in [5.74, 6) is 2.46. The van der Waals surface area contributed by atoms with Gasteiger partial charge in [0.25, 0.3) is 5.91 Å². The normalized spacial score (nSPS) is 24.7. The predicted octanol–water partition coefficient (Wildman–Crippen LogP) is 2.09. The number of fused-ring (bicyclic) bond motifs is 1. The standard InChI is InChI=1S/C18H26N2O2/c1-2-14-5-3-4-6-17(14)22-13-18(21)20-9-7-15-11-19-12-16(15)8-10-20/h3-6,15-16,19H,2,7-13H2,1H3/t15-,16+. The van der Waals surface area contributed by atoms with Gasteiger partial charge in [-0.05, 0) is 55.8 Å². The van der Waals surface area contributed by atoms with E-state index in [1.165, 1.54) is 0 Å². The molecule has 0 bridgehead atoms. The lowest BCUT2D eigenvalue weighted by Crippen LogP contribution is -2.36. The van der Waals surface area contributed by atoms with Gasteiger partial charge in [-0.2, -0.15) is 0 Å².